The van der Waals surface area contributed by atoms with E-state index in [1.165, 1.54) is 6.26 Å². The van der Waals surface area contributed by atoms with E-state index >= 15 is 0 Å². The molecule has 1 saturated heterocycles. The molecule has 0 amide bonds. The lowest BCUT2D eigenvalue weighted by molar-refractivity contribution is 0.259. The lowest BCUT2D eigenvalue weighted by Crippen LogP contribution is -2.46. The van der Waals surface area contributed by atoms with Crippen LogP contribution in [0, 0.1) is 0 Å². The van der Waals surface area contributed by atoms with E-state index in [1.807, 2.05) is 17.0 Å². The topological polar surface area (TPSA) is 50.3 Å². The Bertz CT molecular complexity index is 522. The Hall–Kier alpha value is -0.300. The van der Waals surface area contributed by atoms with Gasteiger partial charge in [0.15, 0.2) is 9.84 Å². The van der Waals surface area contributed by atoms with Crippen molar-refractivity contribution >= 4 is 33.2 Å². The quantitative estimate of drug-likeness (QED) is 0.795. The van der Waals surface area contributed by atoms with E-state index in [0.29, 0.717) is 17.5 Å². The van der Waals surface area contributed by atoms with Crippen molar-refractivity contribution < 1.29 is 8.42 Å². The maximum absolute atomic E-state index is 11.8. The molecule has 0 N–H and O–H groups in total. The van der Waals surface area contributed by atoms with Crippen LogP contribution in [0.3, 0.4) is 0 Å². The van der Waals surface area contributed by atoms with Crippen LogP contribution in [0.15, 0.2) is 18.2 Å². The summed E-state index contributed by atoms with van der Waals surface area (Å²) >= 11 is 7.52. The van der Waals surface area contributed by atoms with E-state index in [4.69, 9.17) is 11.6 Å². The summed E-state index contributed by atoms with van der Waals surface area (Å²) in [4.78, 5) is 6.17. The van der Waals surface area contributed by atoms with Crippen LogP contribution in [0.5, 0.6) is 0 Å². The molecule has 1 aromatic heterocycles. The monoisotopic (exact) mass is 306 g/mol. The summed E-state index contributed by atoms with van der Waals surface area (Å²) in [5, 5.41) is 0.0202. The Labute approximate surface area is 117 Å². The SMILES string of the molecule is CS(=O)(=O)C1CSCCN1Cc1cccc(Cl)n1. The molecule has 1 aromatic rings. The zero-order chi connectivity index (χ0) is 13.2. The van der Waals surface area contributed by atoms with Gasteiger partial charge in [0.2, 0.25) is 0 Å². The van der Waals surface area contributed by atoms with Crippen molar-refractivity contribution in [2.45, 2.75) is 11.9 Å². The van der Waals surface area contributed by atoms with Crippen molar-refractivity contribution in [1.82, 2.24) is 9.88 Å². The third-order valence-corrected chi connectivity index (χ3v) is 5.72. The third-order valence-electron chi connectivity index (χ3n) is 2.82. The van der Waals surface area contributed by atoms with Gasteiger partial charge in [-0.25, -0.2) is 13.4 Å². The van der Waals surface area contributed by atoms with Gasteiger partial charge in [-0.15, -0.1) is 0 Å². The first-order valence-electron chi connectivity index (χ1n) is 5.59. The number of pyridine rings is 1. The predicted octanol–water partition coefficient (Wildman–Crippen LogP) is 1.65. The maximum Gasteiger partial charge on any atom is 0.164 e. The average molecular weight is 307 g/mol. The van der Waals surface area contributed by atoms with Gasteiger partial charge in [0.1, 0.15) is 10.5 Å². The standard InChI is InChI=1S/C11H15ClN2O2S2/c1-18(15,16)11-8-17-6-5-14(11)7-9-3-2-4-10(12)13-9/h2-4,11H,5-8H2,1H3. The number of nitrogens with zero attached hydrogens (tertiary/aromatic N) is 2. The fourth-order valence-electron chi connectivity index (χ4n) is 1.94. The van der Waals surface area contributed by atoms with Crippen molar-refractivity contribution in [3.63, 3.8) is 0 Å². The highest BCUT2D eigenvalue weighted by molar-refractivity contribution is 8.00. The van der Waals surface area contributed by atoms with Crippen LogP contribution in [0.2, 0.25) is 5.15 Å². The molecule has 4 nitrogen and oxygen atoms in total. The fraction of sp³-hybridized carbons (Fsp3) is 0.545. The Morgan fingerprint density at radius 3 is 3.00 bits per heavy atom. The highest BCUT2D eigenvalue weighted by Gasteiger charge is 2.30. The lowest BCUT2D eigenvalue weighted by atomic mass is 10.3. The number of sulfone groups is 1. The van der Waals surface area contributed by atoms with E-state index in [1.54, 1.807) is 17.8 Å². The van der Waals surface area contributed by atoms with Crippen molar-refractivity contribution in [2.75, 3.05) is 24.3 Å². The normalized spacial score (nSPS) is 22.0. The first kappa shape index (κ1) is 14.1. The Morgan fingerprint density at radius 1 is 1.56 bits per heavy atom. The van der Waals surface area contributed by atoms with Crippen molar-refractivity contribution in [3.8, 4) is 0 Å². The van der Waals surface area contributed by atoms with Crippen LogP contribution in [-0.4, -0.2) is 48.0 Å². The van der Waals surface area contributed by atoms with Crippen molar-refractivity contribution in [2.24, 2.45) is 0 Å². The molecule has 0 spiro atoms. The second-order valence-corrected chi connectivity index (χ2v) is 8.02. The number of hydrogen-bond donors (Lipinski definition) is 0. The molecule has 0 radical (unpaired) electrons. The first-order valence-corrected chi connectivity index (χ1v) is 9.07. The second kappa shape index (κ2) is 5.77. The Kier molecular flexibility index (Phi) is 4.53. The summed E-state index contributed by atoms with van der Waals surface area (Å²) in [6.45, 7) is 1.29. The van der Waals surface area contributed by atoms with E-state index < -0.39 is 15.2 Å². The number of hydrogen-bond acceptors (Lipinski definition) is 5. The Morgan fingerprint density at radius 2 is 2.33 bits per heavy atom. The van der Waals surface area contributed by atoms with Crippen LogP contribution in [0.4, 0.5) is 0 Å². The molecule has 1 aliphatic rings. The summed E-state index contributed by atoms with van der Waals surface area (Å²) in [6.07, 6.45) is 1.29. The maximum atomic E-state index is 11.8. The minimum absolute atomic E-state index is 0.419. The summed E-state index contributed by atoms with van der Waals surface area (Å²) in [7, 11) is -3.06. The van der Waals surface area contributed by atoms with Crippen LogP contribution in [0.25, 0.3) is 0 Å². The molecule has 0 aliphatic carbocycles. The van der Waals surface area contributed by atoms with Crippen LogP contribution < -0.4 is 0 Å². The number of thioether (sulfide) groups is 1. The van der Waals surface area contributed by atoms with E-state index in [9.17, 15) is 8.42 Å². The molecule has 0 bridgehead atoms. The van der Waals surface area contributed by atoms with Gasteiger partial charge in [-0.2, -0.15) is 11.8 Å². The molecule has 1 atom stereocenters. The van der Waals surface area contributed by atoms with Gasteiger partial charge in [0.05, 0.1) is 5.69 Å². The zero-order valence-corrected chi connectivity index (χ0v) is 12.4. The number of halogens is 1. The highest BCUT2D eigenvalue weighted by Crippen LogP contribution is 2.22. The van der Waals surface area contributed by atoms with Crippen molar-refractivity contribution in [1.29, 1.82) is 0 Å². The van der Waals surface area contributed by atoms with Gasteiger partial charge < -0.3 is 0 Å². The third kappa shape index (κ3) is 3.60. The molecule has 2 rings (SSSR count). The molecule has 1 unspecified atom stereocenters. The van der Waals surface area contributed by atoms with Gasteiger partial charge in [0, 0.05) is 30.9 Å². The first-order chi connectivity index (χ1) is 8.47. The molecular weight excluding hydrogens is 292 g/mol. The molecule has 7 heteroatoms. The minimum Gasteiger partial charge on any atom is -0.280 e. The van der Waals surface area contributed by atoms with E-state index in [-0.39, 0.29) is 0 Å². The molecule has 2 heterocycles. The molecule has 18 heavy (non-hydrogen) atoms. The van der Waals surface area contributed by atoms with Crippen LogP contribution in [0.1, 0.15) is 5.69 Å². The van der Waals surface area contributed by atoms with Crippen molar-refractivity contribution in [3.05, 3.63) is 29.0 Å². The fourth-order valence-corrected chi connectivity index (χ4v) is 5.06. The van der Waals surface area contributed by atoms with Gasteiger partial charge in [0.25, 0.3) is 0 Å². The summed E-state index contributed by atoms with van der Waals surface area (Å²) in [6, 6.07) is 5.41. The molecule has 1 fully saturated rings. The zero-order valence-electron chi connectivity index (χ0n) is 10.0. The molecule has 0 saturated carbocycles. The summed E-state index contributed by atoms with van der Waals surface area (Å²) in [5.74, 6) is 1.58. The second-order valence-electron chi connectivity index (χ2n) is 4.28. The van der Waals surface area contributed by atoms with Crippen LogP contribution >= 0.6 is 23.4 Å². The number of rotatable bonds is 3. The largest absolute Gasteiger partial charge is 0.280 e. The molecule has 0 aromatic carbocycles. The molecular formula is C11H15ClN2O2S2. The Balaban J connectivity index is 2.15. The average Bonchev–Trinajstić information content (AvgIpc) is 2.28. The molecule has 1 aliphatic heterocycles. The van der Waals surface area contributed by atoms with E-state index in [2.05, 4.69) is 4.98 Å². The van der Waals surface area contributed by atoms with Gasteiger partial charge >= 0.3 is 0 Å². The molecule has 100 valence electrons. The smallest absolute Gasteiger partial charge is 0.164 e. The summed E-state index contributed by atoms with van der Waals surface area (Å²) < 4.78 is 23.5. The number of aromatic nitrogens is 1. The predicted molar refractivity (Wildman–Crippen MR) is 75.6 cm³/mol. The van der Waals surface area contributed by atoms with E-state index in [0.717, 1.165) is 18.0 Å². The highest BCUT2D eigenvalue weighted by atomic mass is 35.5. The van der Waals surface area contributed by atoms with Gasteiger partial charge in [-0.05, 0) is 12.1 Å². The van der Waals surface area contributed by atoms with Gasteiger partial charge in [-0.1, -0.05) is 17.7 Å². The summed E-state index contributed by atoms with van der Waals surface area (Å²) in [5.41, 5.74) is 0.808. The van der Waals surface area contributed by atoms with Crippen LogP contribution in [-0.2, 0) is 16.4 Å². The minimum atomic E-state index is -3.06. The lowest BCUT2D eigenvalue weighted by Gasteiger charge is -2.33. The van der Waals surface area contributed by atoms with Gasteiger partial charge in [-0.3, -0.25) is 4.90 Å².